The SMILES string of the molecule is c1ccc(-c2ccc(C(c3cc4ccccc4o3)n3cncn3)cc2)cc1. The van der Waals surface area contributed by atoms with Gasteiger partial charge in [-0.25, -0.2) is 9.67 Å². The highest BCUT2D eigenvalue weighted by Crippen LogP contribution is 2.32. The molecule has 3 aromatic carbocycles. The Morgan fingerprint density at radius 3 is 2.26 bits per heavy atom. The van der Waals surface area contributed by atoms with E-state index in [1.807, 2.05) is 28.9 Å². The van der Waals surface area contributed by atoms with E-state index >= 15 is 0 Å². The third-order valence-electron chi connectivity index (χ3n) is 4.75. The van der Waals surface area contributed by atoms with Crippen LogP contribution in [0.4, 0.5) is 0 Å². The lowest BCUT2D eigenvalue weighted by molar-refractivity contribution is 0.463. The fourth-order valence-electron chi connectivity index (χ4n) is 3.42. The first kappa shape index (κ1) is 15.6. The van der Waals surface area contributed by atoms with E-state index in [1.165, 1.54) is 11.1 Å². The summed E-state index contributed by atoms with van der Waals surface area (Å²) in [5.74, 6) is 0.842. The molecule has 2 heterocycles. The number of rotatable bonds is 4. The summed E-state index contributed by atoms with van der Waals surface area (Å²) in [4.78, 5) is 4.12. The molecule has 0 saturated heterocycles. The molecule has 2 aromatic heterocycles. The van der Waals surface area contributed by atoms with E-state index in [-0.39, 0.29) is 6.04 Å². The van der Waals surface area contributed by atoms with Crippen LogP contribution < -0.4 is 0 Å². The van der Waals surface area contributed by atoms with Crippen molar-refractivity contribution in [2.24, 2.45) is 0 Å². The third-order valence-corrected chi connectivity index (χ3v) is 4.75. The van der Waals surface area contributed by atoms with Crippen molar-refractivity contribution in [1.82, 2.24) is 14.8 Å². The third kappa shape index (κ3) is 2.91. The van der Waals surface area contributed by atoms with E-state index in [2.05, 4.69) is 70.7 Å². The molecule has 0 saturated carbocycles. The van der Waals surface area contributed by atoms with Gasteiger partial charge in [0.15, 0.2) is 0 Å². The normalized spacial score (nSPS) is 12.3. The minimum Gasteiger partial charge on any atom is -0.458 e. The molecule has 0 aliphatic carbocycles. The second-order valence-corrected chi connectivity index (χ2v) is 6.45. The van der Waals surface area contributed by atoms with E-state index in [0.717, 1.165) is 22.3 Å². The van der Waals surface area contributed by atoms with Gasteiger partial charge in [-0.05, 0) is 28.8 Å². The Morgan fingerprint density at radius 2 is 1.52 bits per heavy atom. The van der Waals surface area contributed by atoms with E-state index < -0.39 is 0 Å². The maximum absolute atomic E-state index is 6.13. The Bertz CT molecular complexity index is 1130. The quantitative estimate of drug-likeness (QED) is 0.440. The van der Waals surface area contributed by atoms with Crippen molar-refractivity contribution >= 4 is 11.0 Å². The molecule has 0 aliphatic rings. The lowest BCUT2D eigenvalue weighted by Gasteiger charge is -2.15. The molecule has 130 valence electrons. The van der Waals surface area contributed by atoms with Gasteiger partial charge in [0, 0.05) is 5.39 Å². The standard InChI is InChI=1S/C23H17N3O/c1-2-6-17(7-3-1)18-10-12-19(13-11-18)23(26-16-24-15-25-26)22-14-20-8-4-5-9-21(20)27-22/h1-16,23H. The number of benzene rings is 3. The number of fused-ring (bicyclic) bond motifs is 1. The second kappa shape index (κ2) is 6.57. The Hall–Kier alpha value is -3.66. The van der Waals surface area contributed by atoms with Crippen molar-refractivity contribution in [2.45, 2.75) is 6.04 Å². The average Bonchev–Trinajstić information content (AvgIpc) is 3.39. The Labute approximate surface area is 156 Å². The van der Waals surface area contributed by atoms with Crippen LogP contribution in [0.25, 0.3) is 22.1 Å². The summed E-state index contributed by atoms with van der Waals surface area (Å²) < 4.78 is 7.96. The highest BCUT2D eigenvalue weighted by atomic mass is 16.3. The highest BCUT2D eigenvalue weighted by molar-refractivity contribution is 5.78. The van der Waals surface area contributed by atoms with Crippen LogP contribution in [0, 0.1) is 0 Å². The molecular formula is C23H17N3O. The number of hydrogen-bond acceptors (Lipinski definition) is 3. The predicted molar refractivity (Wildman–Crippen MR) is 105 cm³/mol. The van der Waals surface area contributed by atoms with Gasteiger partial charge in [-0.3, -0.25) is 0 Å². The monoisotopic (exact) mass is 351 g/mol. The molecule has 4 nitrogen and oxygen atoms in total. The Morgan fingerprint density at radius 1 is 0.778 bits per heavy atom. The van der Waals surface area contributed by atoms with Gasteiger partial charge in [-0.2, -0.15) is 5.10 Å². The first-order chi connectivity index (χ1) is 13.4. The lowest BCUT2D eigenvalue weighted by Crippen LogP contribution is -2.12. The summed E-state index contributed by atoms with van der Waals surface area (Å²) in [6, 6.07) is 28.8. The smallest absolute Gasteiger partial charge is 0.137 e. The molecule has 0 fully saturated rings. The van der Waals surface area contributed by atoms with Crippen molar-refractivity contribution in [3.63, 3.8) is 0 Å². The summed E-state index contributed by atoms with van der Waals surface area (Å²) in [7, 11) is 0. The fraction of sp³-hybridized carbons (Fsp3) is 0.0435. The molecule has 4 heteroatoms. The van der Waals surface area contributed by atoms with Crippen molar-refractivity contribution in [3.8, 4) is 11.1 Å². The van der Waals surface area contributed by atoms with Crippen LogP contribution in [0.15, 0.2) is 102 Å². The van der Waals surface area contributed by atoms with Crippen molar-refractivity contribution in [2.75, 3.05) is 0 Å². The van der Waals surface area contributed by atoms with Gasteiger partial charge in [0.1, 0.15) is 30.0 Å². The predicted octanol–water partition coefficient (Wildman–Crippen LogP) is 5.33. The Balaban J connectivity index is 1.59. The van der Waals surface area contributed by atoms with Crippen LogP contribution in [0.5, 0.6) is 0 Å². The Kier molecular flexibility index (Phi) is 3.79. The van der Waals surface area contributed by atoms with Gasteiger partial charge >= 0.3 is 0 Å². The molecule has 0 amide bonds. The van der Waals surface area contributed by atoms with Crippen molar-refractivity contribution in [1.29, 1.82) is 0 Å². The largest absolute Gasteiger partial charge is 0.458 e. The molecule has 0 radical (unpaired) electrons. The van der Waals surface area contributed by atoms with Crippen molar-refractivity contribution < 1.29 is 4.42 Å². The first-order valence-electron chi connectivity index (χ1n) is 8.86. The lowest BCUT2D eigenvalue weighted by atomic mass is 9.99. The molecule has 27 heavy (non-hydrogen) atoms. The topological polar surface area (TPSA) is 43.9 Å². The van der Waals surface area contributed by atoms with Crippen LogP contribution in [-0.4, -0.2) is 14.8 Å². The second-order valence-electron chi connectivity index (χ2n) is 6.45. The zero-order chi connectivity index (χ0) is 18.1. The minimum absolute atomic E-state index is 0.162. The van der Waals surface area contributed by atoms with Crippen LogP contribution >= 0.6 is 0 Å². The van der Waals surface area contributed by atoms with Crippen LogP contribution in [0.1, 0.15) is 17.4 Å². The van der Waals surface area contributed by atoms with Gasteiger partial charge in [0.25, 0.3) is 0 Å². The summed E-state index contributed by atoms with van der Waals surface area (Å²) in [6.45, 7) is 0. The number of para-hydroxylation sites is 1. The maximum Gasteiger partial charge on any atom is 0.137 e. The van der Waals surface area contributed by atoms with Crippen LogP contribution in [-0.2, 0) is 0 Å². The summed E-state index contributed by atoms with van der Waals surface area (Å²) >= 11 is 0. The van der Waals surface area contributed by atoms with Gasteiger partial charge in [-0.15, -0.1) is 0 Å². The van der Waals surface area contributed by atoms with E-state index in [9.17, 15) is 0 Å². The molecule has 1 atom stereocenters. The van der Waals surface area contributed by atoms with Gasteiger partial charge in [0.05, 0.1) is 0 Å². The van der Waals surface area contributed by atoms with E-state index in [4.69, 9.17) is 4.42 Å². The summed E-state index contributed by atoms with van der Waals surface area (Å²) in [5, 5.41) is 5.45. The number of hydrogen-bond donors (Lipinski definition) is 0. The number of aromatic nitrogens is 3. The molecule has 1 unspecified atom stereocenters. The average molecular weight is 351 g/mol. The van der Waals surface area contributed by atoms with Crippen LogP contribution in [0.3, 0.4) is 0 Å². The van der Waals surface area contributed by atoms with Crippen LogP contribution in [0.2, 0.25) is 0 Å². The molecule has 0 aliphatic heterocycles. The summed E-state index contributed by atoms with van der Waals surface area (Å²) in [6.07, 6.45) is 3.27. The maximum atomic E-state index is 6.13. The van der Waals surface area contributed by atoms with Gasteiger partial charge in [-0.1, -0.05) is 72.8 Å². The summed E-state index contributed by atoms with van der Waals surface area (Å²) in [5.41, 5.74) is 4.35. The molecular weight excluding hydrogens is 334 g/mol. The van der Waals surface area contributed by atoms with E-state index in [1.54, 1.807) is 12.7 Å². The molecule has 5 rings (SSSR count). The number of furan rings is 1. The first-order valence-corrected chi connectivity index (χ1v) is 8.86. The van der Waals surface area contributed by atoms with Gasteiger partial charge < -0.3 is 4.42 Å². The zero-order valence-electron chi connectivity index (χ0n) is 14.6. The fourth-order valence-corrected chi connectivity index (χ4v) is 3.42. The highest BCUT2D eigenvalue weighted by Gasteiger charge is 2.21. The molecule has 0 spiro atoms. The van der Waals surface area contributed by atoms with E-state index in [0.29, 0.717) is 0 Å². The molecule has 0 bridgehead atoms. The zero-order valence-corrected chi connectivity index (χ0v) is 14.6. The molecule has 5 aromatic rings. The minimum atomic E-state index is -0.162. The van der Waals surface area contributed by atoms with Crippen molar-refractivity contribution in [3.05, 3.63) is 109 Å². The number of nitrogens with zero attached hydrogens (tertiary/aromatic N) is 3. The molecule has 0 N–H and O–H groups in total. The van der Waals surface area contributed by atoms with Gasteiger partial charge in [0.2, 0.25) is 0 Å².